The first-order chi connectivity index (χ1) is 9.64. The van der Waals surface area contributed by atoms with E-state index in [1.54, 1.807) is 0 Å². The second-order valence-corrected chi connectivity index (χ2v) is 8.40. The molecule has 7 heteroatoms. The van der Waals surface area contributed by atoms with Gasteiger partial charge in [-0.25, -0.2) is 8.42 Å². The van der Waals surface area contributed by atoms with E-state index < -0.39 is 37.7 Å². The van der Waals surface area contributed by atoms with Gasteiger partial charge in [-0.15, -0.1) is 0 Å². The number of alkyl halides is 3. The van der Waals surface area contributed by atoms with E-state index in [1.807, 2.05) is 0 Å². The van der Waals surface area contributed by atoms with Crippen molar-refractivity contribution in [2.75, 3.05) is 0 Å². The van der Waals surface area contributed by atoms with Gasteiger partial charge in [-0.2, -0.15) is 13.2 Å². The summed E-state index contributed by atoms with van der Waals surface area (Å²) in [5.41, 5.74) is -2.81. The zero-order valence-corrected chi connectivity index (χ0v) is 11.9. The van der Waals surface area contributed by atoms with E-state index in [0.717, 1.165) is 6.07 Å². The number of sulfone groups is 1. The summed E-state index contributed by atoms with van der Waals surface area (Å²) < 4.78 is 63.4. The summed E-state index contributed by atoms with van der Waals surface area (Å²) in [6.07, 6.45) is -4.04. The molecule has 2 atom stereocenters. The lowest BCUT2D eigenvalue weighted by Gasteiger charge is -2.37. The van der Waals surface area contributed by atoms with Crippen molar-refractivity contribution >= 4 is 9.84 Å². The maximum absolute atomic E-state index is 13.1. The fourth-order valence-corrected chi connectivity index (χ4v) is 6.09. The molecule has 116 valence electrons. The number of benzene rings is 1. The predicted octanol–water partition coefficient (Wildman–Crippen LogP) is 2.63. The van der Waals surface area contributed by atoms with E-state index in [1.165, 1.54) is 18.2 Å². The third-order valence-corrected chi connectivity index (χ3v) is 7.27. The van der Waals surface area contributed by atoms with Crippen LogP contribution in [0.2, 0.25) is 0 Å². The largest absolute Gasteiger partial charge is 0.416 e. The average Bonchev–Trinajstić information content (AvgIpc) is 2.58. The lowest BCUT2D eigenvalue weighted by atomic mass is 9.83. The van der Waals surface area contributed by atoms with Gasteiger partial charge in [-0.05, 0) is 37.3 Å². The molecule has 2 fully saturated rings. The summed E-state index contributed by atoms with van der Waals surface area (Å²) in [4.78, 5) is 0. The minimum atomic E-state index is -4.57. The molecule has 0 amide bonds. The van der Waals surface area contributed by atoms with Crippen LogP contribution in [-0.4, -0.2) is 24.0 Å². The molecule has 0 saturated carbocycles. The van der Waals surface area contributed by atoms with Gasteiger partial charge in [0.05, 0.1) is 21.7 Å². The molecule has 3 nitrogen and oxygen atoms in total. The van der Waals surface area contributed by atoms with Crippen LogP contribution in [-0.2, 0) is 21.6 Å². The van der Waals surface area contributed by atoms with E-state index in [2.05, 4.69) is 0 Å². The molecular weight excluding hydrogens is 305 g/mol. The molecule has 0 radical (unpaired) electrons. The third-order valence-electron chi connectivity index (χ3n) is 4.60. The van der Waals surface area contributed by atoms with Gasteiger partial charge in [0, 0.05) is 0 Å². The summed E-state index contributed by atoms with van der Waals surface area (Å²) in [7, 11) is -3.30. The van der Waals surface area contributed by atoms with Crippen molar-refractivity contribution < 1.29 is 26.7 Å². The van der Waals surface area contributed by atoms with Gasteiger partial charge in [-0.3, -0.25) is 0 Å². The quantitative estimate of drug-likeness (QED) is 0.865. The van der Waals surface area contributed by atoms with Gasteiger partial charge in [-0.1, -0.05) is 18.2 Å². The van der Waals surface area contributed by atoms with Gasteiger partial charge in [0.25, 0.3) is 0 Å². The van der Waals surface area contributed by atoms with Gasteiger partial charge >= 0.3 is 6.18 Å². The Morgan fingerprint density at radius 2 is 1.62 bits per heavy atom. The smallest absolute Gasteiger partial charge is 0.385 e. The molecule has 1 aromatic carbocycles. The van der Waals surface area contributed by atoms with Crippen molar-refractivity contribution in [3.8, 4) is 0 Å². The molecule has 2 heterocycles. The van der Waals surface area contributed by atoms with Gasteiger partial charge in [0.15, 0.2) is 9.84 Å². The van der Waals surface area contributed by atoms with Crippen molar-refractivity contribution in [3.63, 3.8) is 0 Å². The van der Waals surface area contributed by atoms with Gasteiger partial charge in [0.2, 0.25) is 0 Å². The van der Waals surface area contributed by atoms with Crippen LogP contribution in [0.25, 0.3) is 0 Å². The summed E-state index contributed by atoms with van der Waals surface area (Å²) in [6.45, 7) is 0. The minimum absolute atomic E-state index is 0.154. The first-order valence-corrected chi connectivity index (χ1v) is 8.37. The Morgan fingerprint density at radius 3 is 2.14 bits per heavy atom. The highest BCUT2D eigenvalue weighted by molar-refractivity contribution is 7.93. The molecule has 1 N–H and O–H groups in total. The number of hydrogen-bond acceptors (Lipinski definition) is 3. The summed E-state index contributed by atoms with van der Waals surface area (Å²) >= 11 is 0. The summed E-state index contributed by atoms with van der Waals surface area (Å²) in [6, 6.07) is 4.88. The zero-order chi connectivity index (χ0) is 15.5. The van der Waals surface area contributed by atoms with Crippen LogP contribution in [0.15, 0.2) is 24.3 Å². The Balaban J connectivity index is 2.07. The standard InChI is InChI=1S/C14H15F3O3S/c15-14(16,17)12-4-2-1-3-11(12)13(18)7-9-5-6-10(8-13)21(9,19)20/h1-4,9-10,18H,5-8H2. The highest BCUT2D eigenvalue weighted by atomic mass is 32.2. The Bertz CT molecular complexity index is 646. The predicted molar refractivity (Wildman–Crippen MR) is 70.3 cm³/mol. The minimum Gasteiger partial charge on any atom is -0.385 e. The second-order valence-electron chi connectivity index (χ2n) is 5.89. The topological polar surface area (TPSA) is 54.4 Å². The number of rotatable bonds is 1. The van der Waals surface area contributed by atoms with E-state index >= 15 is 0 Å². The lowest BCUT2D eigenvalue weighted by molar-refractivity contribution is -0.141. The molecule has 0 spiro atoms. The second kappa shape index (κ2) is 4.46. The molecule has 0 aromatic heterocycles. The van der Waals surface area contributed by atoms with E-state index in [-0.39, 0.29) is 18.4 Å². The third kappa shape index (κ3) is 2.26. The molecule has 21 heavy (non-hydrogen) atoms. The first kappa shape index (κ1) is 14.8. The fraction of sp³-hybridized carbons (Fsp3) is 0.571. The maximum Gasteiger partial charge on any atom is 0.416 e. The van der Waals surface area contributed by atoms with Crippen molar-refractivity contribution in [2.45, 2.75) is 48.0 Å². The molecule has 1 aromatic rings. The highest BCUT2D eigenvalue weighted by Gasteiger charge is 2.54. The van der Waals surface area contributed by atoms with Crippen LogP contribution in [0.3, 0.4) is 0 Å². The molecule has 2 aliphatic rings. The van der Waals surface area contributed by atoms with Crippen LogP contribution in [0, 0.1) is 0 Å². The van der Waals surface area contributed by atoms with E-state index in [0.29, 0.717) is 12.8 Å². The van der Waals surface area contributed by atoms with E-state index in [9.17, 15) is 26.7 Å². The van der Waals surface area contributed by atoms with Crippen LogP contribution in [0.1, 0.15) is 36.8 Å². The normalized spacial score (nSPS) is 34.9. The molecular formula is C14H15F3O3S. The Kier molecular flexibility index (Phi) is 3.15. The van der Waals surface area contributed by atoms with Crippen molar-refractivity contribution in [2.24, 2.45) is 0 Å². The summed E-state index contributed by atoms with van der Waals surface area (Å²) in [5.74, 6) is 0. The fourth-order valence-electron chi connectivity index (χ4n) is 3.60. The molecule has 2 saturated heterocycles. The first-order valence-electron chi connectivity index (χ1n) is 6.76. The van der Waals surface area contributed by atoms with Crippen molar-refractivity contribution in [3.05, 3.63) is 35.4 Å². The molecule has 0 aliphatic carbocycles. The number of hydrogen-bond donors (Lipinski definition) is 1. The maximum atomic E-state index is 13.1. The van der Waals surface area contributed by atoms with Crippen molar-refractivity contribution in [1.82, 2.24) is 0 Å². The molecule has 2 bridgehead atoms. The van der Waals surface area contributed by atoms with Gasteiger partial charge < -0.3 is 5.11 Å². The molecule has 3 rings (SSSR count). The Morgan fingerprint density at radius 1 is 1.10 bits per heavy atom. The molecule has 2 unspecified atom stereocenters. The van der Waals surface area contributed by atoms with Crippen LogP contribution >= 0.6 is 0 Å². The van der Waals surface area contributed by atoms with Crippen LogP contribution in [0.4, 0.5) is 13.2 Å². The zero-order valence-electron chi connectivity index (χ0n) is 11.1. The van der Waals surface area contributed by atoms with Crippen molar-refractivity contribution in [1.29, 1.82) is 0 Å². The van der Waals surface area contributed by atoms with Crippen LogP contribution in [0.5, 0.6) is 0 Å². The number of halogens is 3. The number of fused-ring (bicyclic) bond motifs is 2. The van der Waals surface area contributed by atoms with Gasteiger partial charge in [0.1, 0.15) is 0 Å². The Hall–Kier alpha value is -1.08. The number of aliphatic hydroxyl groups is 1. The molecule has 2 aliphatic heterocycles. The monoisotopic (exact) mass is 320 g/mol. The summed E-state index contributed by atoms with van der Waals surface area (Å²) in [5, 5.41) is 9.27. The lowest BCUT2D eigenvalue weighted by Crippen LogP contribution is -2.44. The Labute approximate surface area is 120 Å². The van der Waals surface area contributed by atoms with E-state index in [4.69, 9.17) is 0 Å². The van der Waals surface area contributed by atoms with Crippen LogP contribution < -0.4 is 0 Å². The SMILES string of the molecule is O=S1(=O)C2CCC1CC(O)(c1ccccc1C(F)(F)F)C2. The highest BCUT2D eigenvalue weighted by Crippen LogP contribution is 2.49. The average molecular weight is 320 g/mol.